The van der Waals surface area contributed by atoms with Crippen molar-refractivity contribution in [1.29, 1.82) is 0 Å². The van der Waals surface area contributed by atoms with E-state index in [2.05, 4.69) is 68.6 Å². The molecule has 0 spiro atoms. The third-order valence-electron chi connectivity index (χ3n) is 3.24. The molecule has 0 saturated heterocycles. The second-order valence-electron chi connectivity index (χ2n) is 4.35. The number of hydrogen-bond acceptors (Lipinski definition) is 3. The average molecular weight is 380 g/mol. The smallest absolute Gasteiger partial charge is 0.0656 e. The second-order valence-corrected chi connectivity index (χ2v) is 7.16. The molecule has 2 nitrogen and oxygen atoms in total. The van der Waals surface area contributed by atoms with Crippen molar-refractivity contribution in [3.8, 4) is 0 Å². The van der Waals surface area contributed by atoms with Crippen molar-refractivity contribution in [2.45, 2.75) is 6.04 Å². The first-order valence-corrected chi connectivity index (χ1v) is 7.99. The molecule has 96 valence electrons. The number of pyridine rings is 1. The highest BCUT2D eigenvalue weighted by Gasteiger charge is 2.15. The molecule has 0 bridgehead atoms. The van der Waals surface area contributed by atoms with Crippen LogP contribution in [-0.2, 0) is 0 Å². The molecule has 0 amide bonds. The molecule has 4 heteroatoms. The van der Waals surface area contributed by atoms with Crippen molar-refractivity contribution in [3.63, 3.8) is 0 Å². The Kier molecular flexibility index (Phi) is 3.81. The van der Waals surface area contributed by atoms with Gasteiger partial charge >= 0.3 is 0 Å². The Hall–Kier alpha value is -0.980. The number of benzene rings is 1. The molecular formula is C15H13IN2S. The van der Waals surface area contributed by atoms with Crippen LogP contribution in [0.1, 0.15) is 17.2 Å². The first-order chi connectivity index (χ1) is 9.29. The Morgan fingerprint density at radius 1 is 1.32 bits per heavy atom. The van der Waals surface area contributed by atoms with E-state index in [1.54, 1.807) is 11.3 Å². The minimum atomic E-state index is 0.215. The van der Waals surface area contributed by atoms with Crippen molar-refractivity contribution < 1.29 is 0 Å². The summed E-state index contributed by atoms with van der Waals surface area (Å²) in [7, 11) is 2.00. The number of hydrogen-bond donors (Lipinski definition) is 1. The van der Waals surface area contributed by atoms with Crippen LogP contribution >= 0.6 is 33.9 Å². The first kappa shape index (κ1) is 13.0. The number of fused-ring (bicyclic) bond motifs is 1. The fourth-order valence-electron chi connectivity index (χ4n) is 2.37. The molecule has 0 aliphatic heterocycles. The lowest BCUT2D eigenvalue weighted by atomic mass is 9.96. The Bertz CT molecular complexity index is 703. The van der Waals surface area contributed by atoms with E-state index in [1.165, 1.54) is 24.8 Å². The Morgan fingerprint density at radius 2 is 2.21 bits per heavy atom. The summed E-state index contributed by atoms with van der Waals surface area (Å²) in [6.07, 6.45) is 3.79. The zero-order chi connectivity index (χ0) is 13.2. The lowest BCUT2D eigenvalue weighted by Crippen LogP contribution is -2.17. The van der Waals surface area contributed by atoms with E-state index in [-0.39, 0.29) is 6.04 Å². The molecule has 0 aliphatic rings. The van der Waals surface area contributed by atoms with Crippen LogP contribution in [0.15, 0.2) is 48.1 Å². The summed E-state index contributed by atoms with van der Waals surface area (Å²) in [5.74, 6) is 0. The van der Waals surface area contributed by atoms with Crippen molar-refractivity contribution in [2.75, 3.05) is 7.05 Å². The van der Waals surface area contributed by atoms with E-state index in [0.29, 0.717) is 0 Å². The third kappa shape index (κ3) is 2.52. The molecule has 3 aromatic rings. The predicted octanol–water partition coefficient (Wildman–Crippen LogP) is 4.21. The summed E-state index contributed by atoms with van der Waals surface area (Å²) >= 11 is 4.15. The maximum absolute atomic E-state index is 4.26. The number of aromatic nitrogens is 1. The van der Waals surface area contributed by atoms with Gasteiger partial charge in [-0.25, -0.2) is 0 Å². The molecule has 1 N–H and O–H groups in total. The van der Waals surface area contributed by atoms with Gasteiger partial charge < -0.3 is 5.32 Å². The maximum Gasteiger partial charge on any atom is 0.0656 e. The van der Waals surface area contributed by atoms with E-state index in [4.69, 9.17) is 0 Å². The van der Waals surface area contributed by atoms with Crippen molar-refractivity contribution in [3.05, 3.63) is 62.1 Å². The van der Waals surface area contributed by atoms with Crippen LogP contribution in [0.2, 0.25) is 0 Å². The van der Waals surface area contributed by atoms with Gasteiger partial charge in [0.2, 0.25) is 0 Å². The van der Waals surface area contributed by atoms with Crippen molar-refractivity contribution in [2.24, 2.45) is 0 Å². The van der Waals surface area contributed by atoms with Crippen LogP contribution in [0, 0.1) is 2.88 Å². The summed E-state index contributed by atoms with van der Waals surface area (Å²) in [4.78, 5) is 4.26. The van der Waals surface area contributed by atoms with Crippen molar-refractivity contribution in [1.82, 2.24) is 10.3 Å². The Balaban J connectivity index is 2.16. The molecule has 2 heterocycles. The lowest BCUT2D eigenvalue weighted by molar-refractivity contribution is 0.699. The van der Waals surface area contributed by atoms with E-state index < -0.39 is 0 Å². The normalized spacial score (nSPS) is 12.7. The first-order valence-electron chi connectivity index (χ1n) is 6.03. The maximum atomic E-state index is 4.26. The zero-order valence-electron chi connectivity index (χ0n) is 10.4. The minimum Gasteiger partial charge on any atom is -0.309 e. The summed E-state index contributed by atoms with van der Waals surface area (Å²) in [5, 5.41) is 8.08. The fraction of sp³-hybridized carbons (Fsp3) is 0.133. The minimum absolute atomic E-state index is 0.215. The number of halogens is 1. The van der Waals surface area contributed by atoms with Gasteiger partial charge in [0.25, 0.3) is 0 Å². The second kappa shape index (κ2) is 5.56. The molecule has 0 radical (unpaired) electrons. The van der Waals surface area contributed by atoms with Crippen LogP contribution in [-0.4, -0.2) is 12.0 Å². The molecule has 0 fully saturated rings. The van der Waals surface area contributed by atoms with E-state index >= 15 is 0 Å². The van der Waals surface area contributed by atoms with Crippen LogP contribution < -0.4 is 5.32 Å². The number of nitrogens with zero attached hydrogens (tertiary/aromatic N) is 1. The standard InChI is InChI=1S/C15H13IN2S/c1-17-15(11-7-14(16)19-9-11)12-4-2-3-10-5-6-18-8-13(10)12/h2-9,15,17H,1H3. The summed E-state index contributed by atoms with van der Waals surface area (Å²) in [6, 6.07) is 10.9. The number of rotatable bonds is 3. The van der Waals surface area contributed by atoms with Gasteiger partial charge in [-0.1, -0.05) is 18.2 Å². The molecule has 0 aliphatic carbocycles. The summed E-state index contributed by atoms with van der Waals surface area (Å²) < 4.78 is 1.31. The van der Waals surface area contributed by atoms with Gasteiger partial charge in [-0.2, -0.15) is 0 Å². The highest BCUT2D eigenvalue weighted by atomic mass is 127. The van der Waals surface area contributed by atoms with Gasteiger partial charge in [-0.05, 0) is 63.7 Å². The molecule has 1 unspecified atom stereocenters. The Morgan fingerprint density at radius 3 is 2.95 bits per heavy atom. The fourth-order valence-corrected chi connectivity index (χ4v) is 3.76. The number of thiophene rings is 1. The molecule has 19 heavy (non-hydrogen) atoms. The van der Waals surface area contributed by atoms with Crippen molar-refractivity contribution >= 4 is 44.7 Å². The SMILES string of the molecule is CNC(c1csc(I)c1)c1cccc2ccncc12. The summed E-state index contributed by atoms with van der Waals surface area (Å²) in [6.45, 7) is 0. The van der Waals surface area contributed by atoms with Gasteiger partial charge in [0.05, 0.1) is 8.93 Å². The summed E-state index contributed by atoms with van der Waals surface area (Å²) in [5.41, 5.74) is 2.59. The average Bonchev–Trinajstić information content (AvgIpc) is 2.86. The molecule has 2 aromatic heterocycles. The van der Waals surface area contributed by atoms with Crippen LogP contribution in [0.5, 0.6) is 0 Å². The van der Waals surface area contributed by atoms with Crippen LogP contribution in [0.3, 0.4) is 0 Å². The van der Waals surface area contributed by atoms with Gasteiger partial charge in [0.1, 0.15) is 0 Å². The molecule has 0 saturated carbocycles. The monoisotopic (exact) mass is 380 g/mol. The Labute approximate surface area is 130 Å². The van der Waals surface area contributed by atoms with Gasteiger partial charge in [-0.3, -0.25) is 4.98 Å². The molecule has 1 aromatic carbocycles. The van der Waals surface area contributed by atoms with E-state index in [1.807, 2.05) is 19.4 Å². The largest absolute Gasteiger partial charge is 0.309 e. The quantitative estimate of drug-likeness (QED) is 0.689. The topological polar surface area (TPSA) is 24.9 Å². The molecule has 1 atom stereocenters. The van der Waals surface area contributed by atoms with Crippen LogP contribution in [0.4, 0.5) is 0 Å². The lowest BCUT2D eigenvalue weighted by Gasteiger charge is -2.17. The highest BCUT2D eigenvalue weighted by Crippen LogP contribution is 2.31. The van der Waals surface area contributed by atoms with Gasteiger partial charge in [0.15, 0.2) is 0 Å². The molecular weight excluding hydrogens is 367 g/mol. The predicted molar refractivity (Wildman–Crippen MR) is 89.7 cm³/mol. The third-order valence-corrected chi connectivity index (χ3v) is 5.05. The van der Waals surface area contributed by atoms with E-state index in [9.17, 15) is 0 Å². The van der Waals surface area contributed by atoms with Crippen LogP contribution in [0.25, 0.3) is 10.8 Å². The van der Waals surface area contributed by atoms with Gasteiger partial charge in [-0.15, -0.1) is 11.3 Å². The number of nitrogens with one attached hydrogen (secondary N) is 1. The highest BCUT2D eigenvalue weighted by molar-refractivity contribution is 14.1. The zero-order valence-corrected chi connectivity index (χ0v) is 13.4. The molecule has 3 rings (SSSR count). The van der Waals surface area contributed by atoms with Gasteiger partial charge in [0, 0.05) is 17.8 Å². The van der Waals surface area contributed by atoms with E-state index in [0.717, 1.165) is 0 Å².